The molecule has 1 aromatic rings. The Morgan fingerprint density at radius 1 is 0.950 bits per heavy atom. The van der Waals surface area contributed by atoms with Crippen LogP contribution in [0.2, 0.25) is 5.02 Å². The lowest BCUT2D eigenvalue weighted by Gasteiger charge is -2.61. The third-order valence-corrected chi connectivity index (χ3v) is 10.4. The number of carbonyl (C=O) groups is 2. The van der Waals surface area contributed by atoms with Crippen LogP contribution in [0.15, 0.2) is 24.3 Å². The van der Waals surface area contributed by atoms with Crippen LogP contribution < -0.4 is 5.32 Å². The minimum absolute atomic E-state index is 0.0147. The molecule has 3 saturated heterocycles. The van der Waals surface area contributed by atoms with Crippen LogP contribution in [0.5, 0.6) is 0 Å². The first-order chi connectivity index (χ1) is 19.2. The van der Waals surface area contributed by atoms with Crippen molar-refractivity contribution in [2.75, 3.05) is 26.2 Å². The van der Waals surface area contributed by atoms with Gasteiger partial charge in [0.25, 0.3) is 5.91 Å². The van der Waals surface area contributed by atoms with Crippen LogP contribution in [-0.4, -0.2) is 76.6 Å². The van der Waals surface area contributed by atoms with Crippen molar-refractivity contribution < 1.29 is 14.0 Å². The van der Waals surface area contributed by atoms with E-state index >= 15 is 4.39 Å². The third-order valence-electron chi connectivity index (χ3n) is 10.2. The van der Waals surface area contributed by atoms with Gasteiger partial charge < -0.3 is 9.80 Å². The van der Waals surface area contributed by atoms with Crippen LogP contribution in [0.3, 0.4) is 0 Å². The van der Waals surface area contributed by atoms with Crippen molar-refractivity contribution in [1.82, 2.24) is 20.0 Å². The van der Waals surface area contributed by atoms with Gasteiger partial charge in [-0.2, -0.15) is 0 Å². The molecule has 1 aliphatic carbocycles. The average Bonchev–Trinajstić information content (AvgIpc) is 2.90. The maximum Gasteiger partial charge on any atom is 0.251 e. The van der Waals surface area contributed by atoms with Gasteiger partial charge in [-0.3, -0.25) is 19.8 Å². The summed E-state index contributed by atoms with van der Waals surface area (Å²) in [6, 6.07) is 7.47. The van der Waals surface area contributed by atoms with E-state index in [4.69, 9.17) is 11.6 Å². The van der Waals surface area contributed by atoms with Crippen molar-refractivity contribution in [2.24, 2.45) is 5.41 Å². The number of amides is 2. The molecule has 8 heteroatoms. The first kappa shape index (κ1) is 29.8. The van der Waals surface area contributed by atoms with Gasteiger partial charge in [-0.15, -0.1) is 0 Å². The van der Waals surface area contributed by atoms with Gasteiger partial charge in [0.05, 0.1) is 6.17 Å². The molecular weight excluding hydrogens is 527 g/mol. The van der Waals surface area contributed by atoms with Gasteiger partial charge in [-0.1, -0.05) is 81.5 Å². The van der Waals surface area contributed by atoms with E-state index in [9.17, 15) is 9.59 Å². The maximum absolute atomic E-state index is 15.7. The van der Waals surface area contributed by atoms with Crippen molar-refractivity contribution in [2.45, 2.75) is 121 Å². The molecular formula is C32H48ClFN4O2. The van der Waals surface area contributed by atoms with Crippen molar-refractivity contribution >= 4 is 23.4 Å². The molecule has 2 spiro atoms. The van der Waals surface area contributed by atoms with Crippen LogP contribution >= 0.6 is 11.6 Å². The van der Waals surface area contributed by atoms with Crippen molar-refractivity contribution in [1.29, 1.82) is 0 Å². The number of piperazine rings is 1. The van der Waals surface area contributed by atoms with Gasteiger partial charge >= 0.3 is 0 Å². The summed E-state index contributed by atoms with van der Waals surface area (Å²) in [6.45, 7) is 5.78. The standard InChI is InChI=1S/C32H48ClFN4O2/c1-24(2)37-21-29(39)38(20-25-12-14-26(33)15-13-25)32(30(37)40)22-36(23-32)28-18-31(27(34)19-35-28)16-10-8-6-4-3-5-7-9-11-17-31/h12-15,24,27-28,35H,3-11,16-23H2,1-2H3. The summed E-state index contributed by atoms with van der Waals surface area (Å²) in [5.74, 6) is 0.0197. The van der Waals surface area contributed by atoms with E-state index in [1.807, 2.05) is 38.1 Å². The molecule has 2 atom stereocenters. The topological polar surface area (TPSA) is 55.9 Å². The van der Waals surface area contributed by atoms with Gasteiger partial charge in [0.2, 0.25) is 5.91 Å². The molecule has 5 rings (SSSR count). The number of piperidine rings is 1. The minimum Gasteiger partial charge on any atom is -0.329 e. The second kappa shape index (κ2) is 12.7. The monoisotopic (exact) mass is 574 g/mol. The van der Waals surface area contributed by atoms with E-state index < -0.39 is 11.7 Å². The molecule has 40 heavy (non-hydrogen) atoms. The number of likely N-dealkylation sites (tertiary alicyclic amines) is 1. The van der Waals surface area contributed by atoms with Crippen LogP contribution in [0.4, 0.5) is 4.39 Å². The molecule has 0 bridgehead atoms. The molecule has 1 saturated carbocycles. The van der Waals surface area contributed by atoms with E-state index in [-0.39, 0.29) is 36.0 Å². The summed E-state index contributed by atoms with van der Waals surface area (Å²) in [6.07, 6.45) is 12.9. The van der Waals surface area contributed by atoms with Crippen LogP contribution in [0, 0.1) is 5.41 Å². The SMILES string of the molecule is CC(C)N1CC(=O)N(Cc2ccc(Cl)cc2)C2(CN(C3CC4(CCCCCCCCCCC4)C(F)CN3)C2)C1=O. The second-order valence-electron chi connectivity index (χ2n) is 13.2. The fraction of sp³-hybridized carbons (Fsp3) is 0.750. The Hall–Kier alpha value is -1.70. The highest BCUT2D eigenvalue weighted by molar-refractivity contribution is 6.30. The number of halogens is 2. The highest BCUT2D eigenvalue weighted by atomic mass is 35.5. The molecule has 0 aromatic heterocycles. The Morgan fingerprint density at radius 3 is 2.10 bits per heavy atom. The molecule has 1 N–H and O–H groups in total. The number of carbonyl (C=O) groups excluding carboxylic acids is 2. The fourth-order valence-electron chi connectivity index (χ4n) is 7.64. The lowest BCUT2D eigenvalue weighted by Crippen LogP contribution is -2.83. The average molecular weight is 575 g/mol. The predicted molar refractivity (Wildman–Crippen MR) is 158 cm³/mol. The second-order valence-corrected chi connectivity index (χ2v) is 13.6. The summed E-state index contributed by atoms with van der Waals surface area (Å²) in [5, 5.41) is 4.14. The number of hydrogen-bond acceptors (Lipinski definition) is 4. The predicted octanol–water partition coefficient (Wildman–Crippen LogP) is 5.92. The zero-order chi connectivity index (χ0) is 28.3. The summed E-state index contributed by atoms with van der Waals surface area (Å²) in [7, 11) is 0. The molecule has 3 heterocycles. The van der Waals surface area contributed by atoms with Gasteiger partial charge in [-0.25, -0.2) is 4.39 Å². The lowest BCUT2D eigenvalue weighted by molar-refractivity contribution is -0.187. The van der Waals surface area contributed by atoms with E-state index in [1.54, 1.807) is 9.80 Å². The molecule has 4 aliphatic rings. The van der Waals surface area contributed by atoms with Gasteiger partial charge in [0.15, 0.2) is 0 Å². The largest absolute Gasteiger partial charge is 0.329 e. The van der Waals surface area contributed by atoms with Gasteiger partial charge in [0.1, 0.15) is 18.3 Å². The number of nitrogens with one attached hydrogen (secondary N) is 1. The lowest BCUT2D eigenvalue weighted by atomic mass is 9.68. The molecule has 3 aliphatic heterocycles. The van der Waals surface area contributed by atoms with E-state index in [2.05, 4.69) is 10.2 Å². The Labute approximate surface area is 245 Å². The number of alkyl halides is 1. The molecule has 6 nitrogen and oxygen atoms in total. The summed E-state index contributed by atoms with van der Waals surface area (Å²) < 4.78 is 15.7. The quantitative estimate of drug-likeness (QED) is 0.485. The number of benzene rings is 1. The number of rotatable bonds is 4. The normalized spacial score (nSPS) is 28.4. The molecule has 222 valence electrons. The molecule has 2 amide bonds. The highest BCUT2D eigenvalue weighted by Crippen LogP contribution is 2.46. The zero-order valence-corrected chi connectivity index (χ0v) is 25.2. The molecule has 2 unspecified atom stereocenters. The van der Waals surface area contributed by atoms with Gasteiger partial charge in [0, 0.05) is 42.7 Å². The molecule has 0 radical (unpaired) electrons. The summed E-state index contributed by atoms with van der Waals surface area (Å²) in [5.41, 5.74) is -0.214. The van der Waals surface area contributed by atoms with Crippen LogP contribution in [-0.2, 0) is 16.1 Å². The highest BCUT2D eigenvalue weighted by Gasteiger charge is 2.61. The van der Waals surface area contributed by atoms with Crippen molar-refractivity contribution in [3.05, 3.63) is 34.9 Å². The molecule has 1 aromatic carbocycles. The van der Waals surface area contributed by atoms with E-state index in [0.717, 1.165) is 37.7 Å². The third kappa shape index (κ3) is 6.07. The Morgan fingerprint density at radius 2 is 1.52 bits per heavy atom. The van der Waals surface area contributed by atoms with E-state index in [1.165, 1.54) is 44.9 Å². The summed E-state index contributed by atoms with van der Waals surface area (Å²) >= 11 is 6.10. The first-order valence-corrected chi connectivity index (χ1v) is 16.1. The fourth-order valence-corrected chi connectivity index (χ4v) is 7.76. The zero-order valence-electron chi connectivity index (χ0n) is 24.5. The Balaban J connectivity index is 1.33. The smallest absolute Gasteiger partial charge is 0.251 e. The number of nitrogens with zero attached hydrogens (tertiary/aromatic N) is 3. The van der Waals surface area contributed by atoms with Crippen molar-refractivity contribution in [3.8, 4) is 0 Å². The minimum atomic E-state index is -0.882. The van der Waals surface area contributed by atoms with Crippen LogP contribution in [0.1, 0.15) is 96.5 Å². The first-order valence-electron chi connectivity index (χ1n) is 15.7. The van der Waals surface area contributed by atoms with Gasteiger partial charge in [-0.05, 0) is 50.8 Å². The number of hydrogen-bond donors (Lipinski definition) is 1. The van der Waals surface area contributed by atoms with Crippen molar-refractivity contribution in [3.63, 3.8) is 0 Å². The van der Waals surface area contributed by atoms with Crippen LogP contribution in [0.25, 0.3) is 0 Å². The van der Waals surface area contributed by atoms with E-state index in [0.29, 0.717) is 31.2 Å². The Bertz CT molecular complexity index is 1020. The Kier molecular flexibility index (Phi) is 9.43. The molecule has 4 fully saturated rings. The summed E-state index contributed by atoms with van der Waals surface area (Å²) in [4.78, 5) is 33.3. The maximum atomic E-state index is 15.7.